The van der Waals surface area contributed by atoms with Crippen molar-refractivity contribution in [1.29, 1.82) is 0 Å². The number of nitrogens with one attached hydrogen (secondary N) is 1. The molecule has 0 saturated heterocycles. The number of nitrogens with two attached hydrogens (primary N) is 1. The maximum Gasteiger partial charge on any atom is 0.170 e. The first-order valence-corrected chi connectivity index (χ1v) is 5.11. The molecule has 1 heterocycles. The van der Waals surface area contributed by atoms with E-state index in [1.807, 2.05) is 25.1 Å². The van der Waals surface area contributed by atoms with Gasteiger partial charge < -0.3 is 10.7 Å². The number of nitrogens with zero attached hydrogens (tertiary/aromatic N) is 1. The van der Waals surface area contributed by atoms with Crippen molar-refractivity contribution >= 4 is 17.4 Å². The van der Waals surface area contributed by atoms with Gasteiger partial charge in [-0.1, -0.05) is 12.1 Å². The molecule has 4 heteroatoms. The molecule has 0 aliphatic carbocycles. The van der Waals surface area contributed by atoms with Crippen molar-refractivity contribution in [3.63, 3.8) is 0 Å². The zero-order valence-electron chi connectivity index (χ0n) is 7.82. The van der Waals surface area contributed by atoms with Crippen LogP contribution in [-0.4, -0.2) is 9.97 Å². The number of imidazole rings is 1. The van der Waals surface area contributed by atoms with Gasteiger partial charge in [0.05, 0.1) is 0 Å². The van der Waals surface area contributed by atoms with Crippen LogP contribution in [0.1, 0.15) is 5.56 Å². The minimum Gasteiger partial charge on any atom is -0.398 e. The normalized spacial score (nSPS) is 10.4. The lowest BCUT2D eigenvalue weighted by atomic mass is 10.2. The highest BCUT2D eigenvalue weighted by Crippen LogP contribution is 2.32. The monoisotopic (exact) mass is 205 g/mol. The predicted octanol–water partition coefficient (Wildman–Crippen LogP) is 2.45. The Kier molecular flexibility index (Phi) is 2.45. The maximum atomic E-state index is 5.88. The second-order valence-electron chi connectivity index (χ2n) is 2.99. The molecule has 3 nitrogen and oxygen atoms in total. The smallest absolute Gasteiger partial charge is 0.170 e. The number of nitrogen functional groups attached to an aromatic ring is 1. The van der Waals surface area contributed by atoms with Crippen molar-refractivity contribution in [3.05, 3.63) is 36.2 Å². The highest BCUT2D eigenvalue weighted by atomic mass is 32.2. The lowest BCUT2D eigenvalue weighted by Gasteiger charge is -2.06. The second-order valence-corrected chi connectivity index (χ2v) is 3.99. The Morgan fingerprint density at radius 2 is 2.29 bits per heavy atom. The average molecular weight is 205 g/mol. The number of aromatic amines is 1. The maximum absolute atomic E-state index is 5.88. The number of anilines is 1. The van der Waals surface area contributed by atoms with Crippen molar-refractivity contribution in [3.8, 4) is 0 Å². The summed E-state index contributed by atoms with van der Waals surface area (Å²) in [5.41, 5.74) is 7.85. The van der Waals surface area contributed by atoms with Crippen LogP contribution < -0.4 is 5.73 Å². The van der Waals surface area contributed by atoms with Gasteiger partial charge in [-0.3, -0.25) is 0 Å². The Balaban J connectivity index is 2.33. The van der Waals surface area contributed by atoms with Crippen LogP contribution in [0.15, 0.2) is 40.6 Å². The van der Waals surface area contributed by atoms with Crippen LogP contribution in [0.5, 0.6) is 0 Å². The van der Waals surface area contributed by atoms with E-state index in [0.717, 1.165) is 15.7 Å². The van der Waals surface area contributed by atoms with Gasteiger partial charge in [0.1, 0.15) is 0 Å². The fourth-order valence-corrected chi connectivity index (χ4v) is 2.07. The molecule has 0 bridgehead atoms. The molecule has 0 aliphatic rings. The average Bonchev–Trinajstić information content (AvgIpc) is 2.64. The van der Waals surface area contributed by atoms with E-state index in [2.05, 4.69) is 9.97 Å². The molecular weight excluding hydrogens is 194 g/mol. The zero-order chi connectivity index (χ0) is 9.97. The summed E-state index contributed by atoms with van der Waals surface area (Å²) in [6.07, 6.45) is 3.54. The van der Waals surface area contributed by atoms with Gasteiger partial charge in [-0.25, -0.2) is 4.98 Å². The molecule has 0 fully saturated rings. The first-order chi connectivity index (χ1) is 6.77. The summed E-state index contributed by atoms with van der Waals surface area (Å²) in [4.78, 5) is 8.25. The van der Waals surface area contributed by atoms with Crippen molar-refractivity contribution in [2.45, 2.75) is 17.0 Å². The standard InChI is InChI=1S/C10H11N3S/c1-7-3-2-4-8(11)9(7)14-10-12-5-6-13-10/h2-6H,11H2,1H3,(H,12,13). The summed E-state index contributed by atoms with van der Waals surface area (Å²) in [7, 11) is 0. The Morgan fingerprint density at radius 1 is 1.43 bits per heavy atom. The molecule has 72 valence electrons. The van der Waals surface area contributed by atoms with Gasteiger partial charge >= 0.3 is 0 Å². The molecule has 0 atom stereocenters. The number of H-pyrrole nitrogens is 1. The number of aromatic nitrogens is 2. The molecule has 0 saturated carbocycles. The fraction of sp³-hybridized carbons (Fsp3) is 0.100. The van der Waals surface area contributed by atoms with Gasteiger partial charge in [-0.15, -0.1) is 0 Å². The topological polar surface area (TPSA) is 54.7 Å². The predicted molar refractivity (Wildman–Crippen MR) is 58.3 cm³/mol. The minimum atomic E-state index is 0.798. The van der Waals surface area contributed by atoms with Gasteiger partial charge in [0.2, 0.25) is 0 Å². The summed E-state index contributed by atoms with van der Waals surface area (Å²) in [5, 5.41) is 0.867. The molecule has 0 radical (unpaired) electrons. The van der Waals surface area contributed by atoms with Crippen LogP contribution in [-0.2, 0) is 0 Å². The summed E-state index contributed by atoms with van der Waals surface area (Å²) in [5.74, 6) is 0. The second kappa shape index (κ2) is 3.75. The quantitative estimate of drug-likeness (QED) is 0.740. The van der Waals surface area contributed by atoms with E-state index >= 15 is 0 Å². The van der Waals surface area contributed by atoms with Crippen molar-refractivity contribution in [2.24, 2.45) is 0 Å². The summed E-state index contributed by atoms with van der Waals surface area (Å²) < 4.78 is 0. The van der Waals surface area contributed by atoms with Crippen molar-refractivity contribution in [1.82, 2.24) is 9.97 Å². The van der Waals surface area contributed by atoms with Crippen LogP contribution in [0.3, 0.4) is 0 Å². The molecule has 2 aromatic rings. The molecule has 0 amide bonds. The summed E-state index contributed by atoms with van der Waals surface area (Å²) >= 11 is 1.56. The van der Waals surface area contributed by atoms with E-state index < -0.39 is 0 Å². The van der Waals surface area contributed by atoms with Crippen LogP contribution in [0.2, 0.25) is 0 Å². The zero-order valence-corrected chi connectivity index (χ0v) is 8.64. The third kappa shape index (κ3) is 1.75. The molecule has 0 spiro atoms. The van der Waals surface area contributed by atoms with Crippen LogP contribution in [0.25, 0.3) is 0 Å². The van der Waals surface area contributed by atoms with E-state index in [9.17, 15) is 0 Å². The first kappa shape index (κ1) is 9.15. The Labute approximate surface area is 86.7 Å². The van der Waals surface area contributed by atoms with Crippen LogP contribution in [0.4, 0.5) is 5.69 Å². The van der Waals surface area contributed by atoms with Gasteiger partial charge in [0.25, 0.3) is 0 Å². The fourth-order valence-electron chi connectivity index (χ4n) is 1.22. The lowest BCUT2D eigenvalue weighted by Crippen LogP contribution is -1.91. The molecule has 0 unspecified atom stereocenters. The number of rotatable bonds is 2. The van der Waals surface area contributed by atoms with E-state index in [0.29, 0.717) is 0 Å². The third-order valence-electron chi connectivity index (χ3n) is 1.91. The van der Waals surface area contributed by atoms with Crippen molar-refractivity contribution < 1.29 is 0 Å². The first-order valence-electron chi connectivity index (χ1n) is 4.29. The summed E-state index contributed by atoms with van der Waals surface area (Å²) in [6.45, 7) is 2.04. The molecular formula is C10H11N3S. The largest absolute Gasteiger partial charge is 0.398 e. The minimum absolute atomic E-state index is 0.798. The van der Waals surface area contributed by atoms with E-state index in [1.165, 1.54) is 5.56 Å². The SMILES string of the molecule is Cc1cccc(N)c1Sc1ncc[nH]1. The van der Waals surface area contributed by atoms with E-state index in [1.54, 1.807) is 24.2 Å². The molecule has 3 N–H and O–H groups in total. The van der Waals surface area contributed by atoms with Crippen LogP contribution in [0, 0.1) is 6.92 Å². The lowest BCUT2D eigenvalue weighted by molar-refractivity contribution is 1.06. The Hall–Kier alpha value is -1.42. The third-order valence-corrected chi connectivity index (χ3v) is 3.09. The van der Waals surface area contributed by atoms with Gasteiger partial charge in [0, 0.05) is 23.0 Å². The van der Waals surface area contributed by atoms with E-state index in [4.69, 9.17) is 5.73 Å². The van der Waals surface area contributed by atoms with Gasteiger partial charge in [0.15, 0.2) is 5.16 Å². The van der Waals surface area contributed by atoms with Gasteiger partial charge in [-0.05, 0) is 30.3 Å². The Morgan fingerprint density at radius 3 is 2.93 bits per heavy atom. The number of hydrogen-bond acceptors (Lipinski definition) is 3. The van der Waals surface area contributed by atoms with Gasteiger partial charge in [-0.2, -0.15) is 0 Å². The molecule has 1 aromatic carbocycles. The molecule has 0 aliphatic heterocycles. The molecule has 2 rings (SSSR count). The number of benzene rings is 1. The number of aryl methyl sites for hydroxylation is 1. The molecule has 14 heavy (non-hydrogen) atoms. The highest BCUT2D eigenvalue weighted by Gasteiger charge is 2.05. The van der Waals surface area contributed by atoms with Crippen LogP contribution >= 0.6 is 11.8 Å². The number of hydrogen-bond donors (Lipinski definition) is 2. The molecule has 1 aromatic heterocycles. The Bertz CT molecular complexity index is 403. The highest BCUT2D eigenvalue weighted by molar-refractivity contribution is 7.99. The van der Waals surface area contributed by atoms with E-state index in [-0.39, 0.29) is 0 Å². The summed E-state index contributed by atoms with van der Waals surface area (Å²) in [6, 6.07) is 5.90. The van der Waals surface area contributed by atoms with Crippen molar-refractivity contribution in [2.75, 3.05) is 5.73 Å².